The molecule has 29 heavy (non-hydrogen) atoms. The van der Waals surface area contributed by atoms with Gasteiger partial charge in [0, 0.05) is 24.1 Å². The highest BCUT2D eigenvalue weighted by molar-refractivity contribution is 7.98. The van der Waals surface area contributed by atoms with Gasteiger partial charge in [-0.3, -0.25) is 0 Å². The van der Waals surface area contributed by atoms with Crippen molar-refractivity contribution in [3.63, 3.8) is 0 Å². The van der Waals surface area contributed by atoms with Crippen LogP contribution in [0.3, 0.4) is 0 Å². The van der Waals surface area contributed by atoms with E-state index in [-0.39, 0.29) is 17.3 Å². The molecule has 1 aromatic rings. The zero-order valence-electron chi connectivity index (χ0n) is 18.1. The fourth-order valence-corrected chi connectivity index (χ4v) is 4.58. The van der Waals surface area contributed by atoms with E-state index in [2.05, 4.69) is 20.8 Å². The Morgan fingerprint density at radius 3 is 2.62 bits per heavy atom. The molecule has 1 aliphatic carbocycles. The minimum absolute atomic E-state index is 0.0000594. The van der Waals surface area contributed by atoms with Crippen LogP contribution in [0.15, 0.2) is 23.1 Å². The Bertz CT molecular complexity index is 698. The van der Waals surface area contributed by atoms with Gasteiger partial charge in [0.2, 0.25) is 0 Å². The lowest BCUT2D eigenvalue weighted by Crippen LogP contribution is -2.40. The Balaban J connectivity index is 1.33. The number of carbonyl (C=O) groups is 1. The van der Waals surface area contributed by atoms with Crippen LogP contribution in [0.4, 0.5) is 9.18 Å². The van der Waals surface area contributed by atoms with Crippen molar-refractivity contribution >= 4 is 17.9 Å². The molecule has 0 radical (unpaired) electrons. The van der Waals surface area contributed by atoms with E-state index in [9.17, 15) is 9.18 Å². The van der Waals surface area contributed by atoms with Crippen molar-refractivity contribution in [2.45, 2.75) is 51.3 Å². The highest BCUT2D eigenvalue weighted by Crippen LogP contribution is 2.49. The molecule has 1 saturated heterocycles. The van der Waals surface area contributed by atoms with Gasteiger partial charge in [0.05, 0.1) is 13.2 Å². The standard InChI is InChI=1S/C23H34FNO3S/c1-23(2,3)15-28-22(26)25-10-7-16(8-11-25)19-13-17(19)9-12-27-18-5-6-21(29-4)20(24)14-18/h5-6,14,16-17,19H,7-13,15H2,1-4H3/t17-,19-/m1/s1. The van der Waals surface area contributed by atoms with E-state index in [4.69, 9.17) is 9.47 Å². The van der Waals surface area contributed by atoms with Gasteiger partial charge in [0.15, 0.2) is 0 Å². The largest absolute Gasteiger partial charge is 0.493 e. The summed E-state index contributed by atoms with van der Waals surface area (Å²) in [6.45, 7) is 8.90. The van der Waals surface area contributed by atoms with Crippen LogP contribution >= 0.6 is 11.8 Å². The number of thioether (sulfide) groups is 1. The molecule has 0 unspecified atom stereocenters. The van der Waals surface area contributed by atoms with Crippen molar-refractivity contribution in [3.8, 4) is 5.75 Å². The second kappa shape index (κ2) is 9.59. The zero-order valence-corrected chi connectivity index (χ0v) is 18.9. The van der Waals surface area contributed by atoms with Gasteiger partial charge < -0.3 is 14.4 Å². The number of hydrogen-bond donors (Lipinski definition) is 0. The Kier molecular flexibility index (Phi) is 7.36. The summed E-state index contributed by atoms with van der Waals surface area (Å²) in [7, 11) is 0. The van der Waals surface area contributed by atoms with E-state index in [0.29, 0.717) is 35.7 Å². The Hall–Kier alpha value is -1.43. The average molecular weight is 424 g/mol. The fraction of sp³-hybridized carbons (Fsp3) is 0.696. The normalized spacial score (nSPS) is 22.4. The molecule has 1 aliphatic heterocycles. The third-order valence-corrected chi connectivity index (χ3v) is 6.66. The first-order chi connectivity index (χ1) is 13.8. The maximum absolute atomic E-state index is 13.8. The molecule has 0 bridgehead atoms. The zero-order chi connectivity index (χ0) is 21.0. The van der Waals surface area contributed by atoms with Crippen LogP contribution in [0, 0.1) is 29.0 Å². The lowest BCUT2D eigenvalue weighted by atomic mass is 9.90. The van der Waals surface area contributed by atoms with E-state index >= 15 is 0 Å². The lowest BCUT2D eigenvalue weighted by molar-refractivity contribution is 0.0602. The molecule has 0 aromatic heterocycles. The summed E-state index contributed by atoms with van der Waals surface area (Å²) in [5, 5.41) is 0. The summed E-state index contributed by atoms with van der Waals surface area (Å²) in [4.78, 5) is 14.7. The lowest BCUT2D eigenvalue weighted by Gasteiger charge is -2.32. The van der Waals surface area contributed by atoms with Gasteiger partial charge in [-0.1, -0.05) is 20.8 Å². The van der Waals surface area contributed by atoms with Crippen LogP contribution in [0.5, 0.6) is 5.75 Å². The van der Waals surface area contributed by atoms with Crippen LogP contribution in [0.1, 0.15) is 46.5 Å². The molecule has 2 fully saturated rings. The number of hydrogen-bond acceptors (Lipinski definition) is 4. The Morgan fingerprint density at radius 1 is 1.28 bits per heavy atom. The number of halogens is 1. The Morgan fingerprint density at radius 2 is 2.00 bits per heavy atom. The van der Waals surface area contributed by atoms with Crippen LogP contribution < -0.4 is 4.74 Å². The first-order valence-corrected chi connectivity index (χ1v) is 11.9. The molecular formula is C23H34FNO3S. The highest BCUT2D eigenvalue weighted by atomic mass is 32.2. The summed E-state index contributed by atoms with van der Waals surface area (Å²) in [6.07, 6.45) is 6.10. The summed E-state index contributed by atoms with van der Waals surface area (Å²) in [5.74, 6) is 2.55. The number of nitrogens with zero attached hydrogens (tertiary/aromatic N) is 1. The highest BCUT2D eigenvalue weighted by Gasteiger charge is 2.43. The number of likely N-dealkylation sites (tertiary alicyclic amines) is 1. The third kappa shape index (κ3) is 6.53. The maximum Gasteiger partial charge on any atom is 0.409 e. The van der Waals surface area contributed by atoms with Gasteiger partial charge in [-0.2, -0.15) is 0 Å². The first kappa shape index (κ1) is 22.3. The number of carbonyl (C=O) groups excluding carboxylic acids is 1. The molecule has 2 atom stereocenters. The maximum atomic E-state index is 13.8. The van der Waals surface area contributed by atoms with Crippen LogP contribution in [0.25, 0.3) is 0 Å². The molecule has 0 spiro atoms. The molecule has 1 aromatic carbocycles. The molecule has 6 heteroatoms. The fourth-order valence-electron chi connectivity index (χ4n) is 4.13. The van der Waals surface area contributed by atoms with Crippen molar-refractivity contribution in [1.82, 2.24) is 4.90 Å². The Labute approximate surface area is 178 Å². The monoisotopic (exact) mass is 423 g/mol. The number of rotatable bonds is 7. The minimum Gasteiger partial charge on any atom is -0.493 e. The van der Waals surface area contributed by atoms with Crippen molar-refractivity contribution in [1.29, 1.82) is 0 Å². The molecule has 1 saturated carbocycles. The first-order valence-electron chi connectivity index (χ1n) is 10.6. The summed E-state index contributed by atoms with van der Waals surface area (Å²) in [6, 6.07) is 5.09. The van der Waals surface area contributed by atoms with Crippen LogP contribution in [0.2, 0.25) is 0 Å². The number of ether oxygens (including phenoxy) is 2. The van der Waals surface area contributed by atoms with Crippen molar-refractivity contribution in [2.24, 2.45) is 23.2 Å². The minimum atomic E-state index is -0.216. The second-order valence-electron chi connectivity index (χ2n) is 9.53. The van der Waals surface area contributed by atoms with Crippen molar-refractivity contribution in [2.75, 3.05) is 32.6 Å². The quantitative estimate of drug-likeness (QED) is 0.516. The molecule has 4 nitrogen and oxygen atoms in total. The van der Waals surface area contributed by atoms with Crippen LogP contribution in [-0.2, 0) is 4.74 Å². The van der Waals surface area contributed by atoms with Gasteiger partial charge in [-0.15, -0.1) is 11.8 Å². The molecule has 3 rings (SSSR count). The number of amides is 1. The van der Waals surface area contributed by atoms with E-state index < -0.39 is 0 Å². The molecular weight excluding hydrogens is 389 g/mol. The molecule has 162 valence electrons. The van der Waals surface area contributed by atoms with Gasteiger partial charge >= 0.3 is 6.09 Å². The number of benzene rings is 1. The van der Waals surface area contributed by atoms with Crippen LogP contribution in [-0.4, -0.2) is 43.6 Å². The summed E-state index contributed by atoms with van der Waals surface area (Å²) < 4.78 is 25.0. The third-order valence-electron chi connectivity index (χ3n) is 5.89. The van der Waals surface area contributed by atoms with E-state index in [0.717, 1.165) is 38.3 Å². The summed E-state index contributed by atoms with van der Waals surface area (Å²) >= 11 is 1.40. The van der Waals surface area contributed by atoms with E-state index in [1.54, 1.807) is 6.07 Å². The molecule has 0 N–H and O–H groups in total. The van der Waals surface area contributed by atoms with E-state index in [1.165, 1.54) is 24.2 Å². The average Bonchev–Trinajstić information content (AvgIpc) is 3.45. The molecule has 2 aliphatic rings. The SMILES string of the molecule is CSc1ccc(OCC[C@@H]2C[C@@H]2C2CCN(C(=O)OCC(C)(C)C)CC2)cc1F. The molecule has 1 amide bonds. The van der Waals surface area contributed by atoms with Gasteiger partial charge in [0.1, 0.15) is 11.6 Å². The predicted octanol–water partition coefficient (Wildman–Crippen LogP) is 5.85. The smallest absolute Gasteiger partial charge is 0.409 e. The van der Waals surface area contributed by atoms with Crippen molar-refractivity contribution < 1.29 is 18.7 Å². The predicted molar refractivity (Wildman–Crippen MR) is 115 cm³/mol. The molecule has 1 heterocycles. The summed E-state index contributed by atoms with van der Waals surface area (Å²) in [5.41, 5.74) is 0.0000594. The van der Waals surface area contributed by atoms with E-state index in [1.807, 2.05) is 17.2 Å². The van der Waals surface area contributed by atoms with Gasteiger partial charge in [-0.25, -0.2) is 9.18 Å². The van der Waals surface area contributed by atoms with Gasteiger partial charge in [0.25, 0.3) is 0 Å². The van der Waals surface area contributed by atoms with Crippen molar-refractivity contribution in [3.05, 3.63) is 24.0 Å². The second-order valence-corrected chi connectivity index (χ2v) is 10.4. The van der Waals surface area contributed by atoms with Gasteiger partial charge in [-0.05, 0) is 67.2 Å². The number of piperidine rings is 1. The topological polar surface area (TPSA) is 38.8 Å².